The van der Waals surface area contributed by atoms with Crippen LogP contribution in [0.1, 0.15) is 33.1 Å². The quantitative estimate of drug-likeness (QED) is 0.604. The lowest BCUT2D eigenvalue weighted by atomic mass is 9.77. The Morgan fingerprint density at radius 1 is 1.46 bits per heavy atom. The third kappa shape index (κ3) is 2.49. The molecule has 0 aromatic rings. The Kier molecular flexibility index (Phi) is 4.31. The van der Waals surface area contributed by atoms with Gasteiger partial charge in [-0.15, -0.1) is 0 Å². The van der Waals surface area contributed by atoms with Crippen molar-refractivity contribution >= 4 is 7.85 Å². The fourth-order valence-electron chi connectivity index (χ4n) is 2.70. The second-order valence-electron chi connectivity index (χ2n) is 4.43. The molecule has 1 nitrogen and oxygen atoms in total. The normalized spacial score (nSPS) is 39.6. The minimum atomic E-state index is 0.367. The average Bonchev–Trinajstić information content (AvgIpc) is 2.34. The molecule has 2 heteroatoms. The van der Waals surface area contributed by atoms with Gasteiger partial charge in [-0.2, -0.15) is 0 Å². The van der Waals surface area contributed by atoms with Gasteiger partial charge in [0.2, 0.25) is 0 Å². The lowest BCUT2D eigenvalue weighted by Gasteiger charge is -2.21. The Bertz CT molecular complexity index is 149. The van der Waals surface area contributed by atoms with Crippen molar-refractivity contribution in [1.29, 1.82) is 0 Å². The molecule has 1 aliphatic carbocycles. The monoisotopic (exact) mass is 180 g/mol. The summed E-state index contributed by atoms with van der Waals surface area (Å²) in [6.07, 6.45) is 3.81. The Morgan fingerprint density at radius 2 is 2.15 bits per heavy atom. The van der Waals surface area contributed by atoms with Gasteiger partial charge in [0, 0.05) is 13.7 Å². The SMILES string of the molecule is [B]C1CC(CCC)C(C)C1COC. The van der Waals surface area contributed by atoms with Crippen molar-refractivity contribution < 1.29 is 4.74 Å². The van der Waals surface area contributed by atoms with Crippen LogP contribution in [-0.4, -0.2) is 21.6 Å². The lowest BCUT2D eigenvalue weighted by Crippen LogP contribution is -2.17. The number of rotatable bonds is 4. The van der Waals surface area contributed by atoms with Crippen molar-refractivity contribution in [2.75, 3.05) is 13.7 Å². The molecule has 0 aliphatic heterocycles. The second-order valence-corrected chi connectivity index (χ2v) is 4.43. The van der Waals surface area contributed by atoms with Crippen LogP contribution in [0, 0.1) is 17.8 Å². The van der Waals surface area contributed by atoms with Gasteiger partial charge in [-0.3, -0.25) is 0 Å². The highest BCUT2D eigenvalue weighted by Crippen LogP contribution is 2.45. The zero-order chi connectivity index (χ0) is 9.84. The summed E-state index contributed by atoms with van der Waals surface area (Å²) >= 11 is 0. The molecule has 0 amide bonds. The molecule has 0 aromatic heterocycles. The Balaban J connectivity index is 2.48. The standard InChI is InChI=1S/C11H21BO/c1-4-5-9-6-11(12)10(7-13-3)8(9)2/h8-11H,4-7H2,1-3H3. The van der Waals surface area contributed by atoms with Gasteiger partial charge in [0.15, 0.2) is 0 Å². The highest BCUT2D eigenvalue weighted by Gasteiger charge is 2.36. The molecule has 0 spiro atoms. The van der Waals surface area contributed by atoms with Crippen molar-refractivity contribution in [3.05, 3.63) is 0 Å². The third-order valence-corrected chi connectivity index (χ3v) is 3.56. The summed E-state index contributed by atoms with van der Waals surface area (Å²) < 4.78 is 5.21. The van der Waals surface area contributed by atoms with Gasteiger partial charge in [0.05, 0.1) is 7.85 Å². The van der Waals surface area contributed by atoms with Crippen LogP contribution in [0.25, 0.3) is 0 Å². The minimum absolute atomic E-state index is 0.367. The van der Waals surface area contributed by atoms with E-state index in [1.807, 2.05) is 0 Å². The van der Waals surface area contributed by atoms with Crippen molar-refractivity contribution in [3.8, 4) is 0 Å². The molecule has 1 fully saturated rings. The number of hydrogen-bond donors (Lipinski definition) is 0. The van der Waals surface area contributed by atoms with E-state index < -0.39 is 0 Å². The summed E-state index contributed by atoms with van der Waals surface area (Å²) in [5, 5.41) is 0. The number of methoxy groups -OCH3 is 1. The number of hydrogen-bond acceptors (Lipinski definition) is 1. The predicted molar refractivity (Wildman–Crippen MR) is 57.0 cm³/mol. The summed E-state index contributed by atoms with van der Waals surface area (Å²) in [6, 6.07) is 0. The van der Waals surface area contributed by atoms with Gasteiger partial charge in [0.1, 0.15) is 0 Å². The molecule has 1 rings (SSSR count). The van der Waals surface area contributed by atoms with Crippen LogP contribution in [0.15, 0.2) is 0 Å². The first kappa shape index (κ1) is 11.1. The largest absolute Gasteiger partial charge is 0.384 e. The maximum atomic E-state index is 6.10. The fourth-order valence-corrected chi connectivity index (χ4v) is 2.70. The van der Waals surface area contributed by atoms with E-state index in [-0.39, 0.29) is 0 Å². The highest BCUT2D eigenvalue weighted by atomic mass is 16.5. The van der Waals surface area contributed by atoms with Crippen molar-refractivity contribution in [1.82, 2.24) is 0 Å². The van der Waals surface area contributed by atoms with Crippen LogP contribution >= 0.6 is 0 Å². The number of ether oxygens (including phenoxy) is 1. The van der Waals surface area contributed by atoms with Gasteiger partial charge >= 0.3 is 0 Å². The lowest BCUT2D eigenvalue weighted by molar-refractivity contribution is 0.129. The first-order valence-corrected chi connectivity index (χ1v) is 5.45. The minimum Gasteiger partial charge on any atom is -0.384 e. The summed E-state index contributed by atoms with van der Waals surface area (Å²) in [6.45, 7) is 5.42. The van der Waals surface area contributed by atoms with E-state index in [4.69, 9.17) is 12.6 Å². The zero-order valence-electron chi connectivity index (χ0n) is 9.12. The topological polar surface area (TPSA) is 9.23 Å². The first-order valence-electron chi connectivity index (χ1n) is 5.45. The van der Waals surface area contributed by atoms with E-state index in [1.165, 1.54) is 19.3 Å². The van der Waals surface area contributed by atoms with Crippen LogP contribution in [0.3, 0.4) is 0 Å². The Labute approximate surface area is 83.6 Å². The molecule has 0 N–H and O–H groups in total. The van der Waals surface area contributed by atoms with Crippen molar-refractivity contribution in [3.63, 3.8) is 0 Å². The molecular weight excluding hydrogens is 159 g/mol. The van der Waals surface area contributed by atoms with Gasteiger partial charge in [0.25, 0.3) is 0 Å². The van der Waals surface area contributed by atoms with Crippen LogP contribution in [0.2, 0.25) is 5.82 Å². The molecule has 0 bridgehead atoms. The molecule has 1 aliphatic rings. The maximum Gasteiger partial charge on any atom is 0.0704 e. The van der Waals surface area contributed by atoms with Crippen molar-refractivity contribution in [2.24, 2.45) is 17.8 Å². The molecule has 2 radical (unpaired) electrons. The molecule has 4 unspecified atom stereocenters. The fraction of sp³-hybridized carbons (Fsp3) is 1.00. The Hall–Kier alpha value is 0.0249. The zero-order valence-corrected chi connectivity index (χ0v) is 9.12. The van der Waals surface area contributed by atoms with E-state index in [2.05, 4.69) is 13.8 Å². The summed E-state index contributed by atoms with van der Waals surface area (Å²) in [5.74, 6) is 2.53. The predicted octanol–water partition coefficient (Wildman–Crippen LogP) is 2.66. The third-order valence-electron chi connectivity index (χ3n) is 3.56. The Morgan fingerprint density at radius 3 is 2.69 bits per heavy atom. The molecule has 13 heavy (non-hydrogen) atoms. The van der Waals surface area contributed by atoms with E-state index in [0.717, 1.165) is 18.4 Å². The highest BCUT2D eigenvalue weighted by molar-refractivity contribution is 6.12. The van der Waals surface area contributed by atoms with Crippen LogP contribution in [0.5, 0.6) is 0 Å². The van der Waals surface area contributed by atoms with Gasteiger partial charge in [-0.1, -0.05) is 38.9 Å². The average molecular weight is 180 g/mol. The molecule has 0 saturated heterocycles. The van der Waals surface area contributed by atoms with E-state index >= 15 is 0 Å². The second kappa shape index (κ2) is 5.04. The summed E-state index contributed by atoms with van der Waals surface area (Å²) in [5.41, 5.74) is 0. The molecular formula is C11H21BO. The molecule has 74 valence electrons. The molecule has 1 saturated carbocycles. The van der Waals surface area contributed by atoms with E-state index in [1.54, 1.807) is 7.11 Å². The van der Waals surface area contributed by atoms with E-state index in [0.29, 0.717) is 11.7 Å². The molecule has 4 atom stereocenters. The van der Waals surface area contributed by atoms with Crippen LogP contribution < -0.4 is 0 Å². The van der Waals surface area contributed by atoms with Crippen molar-refractivity contribution in [2.45, 2.75) is 38.9 Å². The first-order chi connectivity index (χ1) is 6.20. The molecule has 0 aromatic carbocycles. The van der Waals surface area contributed by atoms with E-state index in [9.17, 15) is 0 Å². The summed E-state index contributed by atoms with van der Waals surface area (Å²) in [7, 11) is 7.87. The van der Waals surface area contributed by atoms with Crippen LogP contribution in [0.4, 0.5) is 0 Å². The maximum absolute atomic E-state index is 6.10. The smallest absolute Gasteiger partial charge is 0.0704 e. The van der Waals surface area contributed by atoms with Gasteiger partial charge in [-0.05, 0) is 17.8 Å². The molecule has 0 heterocycles. The van der Waals surface area contributed by atoms with Crippen LogP contribution in [-0.2, 0) is 4.74 Å². The van der Waals surface area contributed by atoms with Gasteiger partial charge < -0.3 is 4.74 Å². The van der Waals surface area contributed by atoms with Gasteiger partial charge in [-0.25, -0.2) is 0 Å². The summed E-state index contributed by atoms with van der Waals surface area (Å²) in [4.78, 5) is 0.